The minimum atomic E-state index is -0.378. The van der Waals surface area contributed by atoms with Gasteiger partial charge in [-0.25, -0.2) is 0 Å². The third-order valence-electron chi connectivity index (χ3n) is 3.65. The average molecular weight is 307 g/mol. The van der Waals surface area contributed by atoms with Gasteiger partial charge in [-0.2, -0.15) is 4.57 Å². The van der Waals surface area contributed by atoms with Crippen LogP contribution in [-0.4, -0.2) is 4.92 Å². The highest BCUT2D eigenvalue weighted by Crippen LogP contribution is 2.39. The number of nitro groups is 1. The van der Waals surface area contributed by atoms with Crippen LogP contribution in [0.15, 0.2) is 65.7 Å². The summed E-state index contributed by atoms with van der Waals surface area (Å²) in [4.78, 5) is 12.6. The van der Waals surface area contributed by atoms with Gasteiger partial charge in [-0.1, -0.05) is 17.8 Å². The molecule has 0 radical (unpaired) electrons. The topological polar surface area (TPSA) is 47.0 Å². The summed E-state index contributed by atoms with van der Waals surface area (Å²) in [6.45, 7) is 0. The Kier molecular flexibility index (Phi) is 2.94. The van der Waals surface area contributed by atoms with Crippen molar-refractivity contribution in [3.8, 4) is 0 Å². The summed E-state index contributed by atoms with van der Waals surface area (Å²) in [6, 6.07) is 17.0. The Balaban J connectivity index is 1.83. The Morgan fingerprint density at radius 1 is 1.00 bits per heavy atom. The predicted molar refractivity (Wildman–Crippen MR) is 87.3 cm³/mol. The second-order valence-electron chi connectivity index (χ2n) is 5.01. The van der Waals surface area contributed by atoms with Crippen LogP contribution in [0.3, 0.4) is 0 Å². The highest BCUT2D eigenvalue weighted by atomic mass is 32.2. The molecule has 0 fully saturated rings. The summed E-state index contributed by atoms with van der Waals surface area (Å²) in [5, 5.41) is 12.0. The number of hydrogen-bond acceptors (Lipinski definition) is 3. The lowest BCUT2D eigenvalue weighted by Gasteiger charge is -2.12. The van der Waals surface area contributed by atoms with Crippen molar-refractivity contribution in [1.29, 1.82) is 0 Å². The Bertz CT molecular complexity index is 928. The summed E-state index contributed by atoms with van der Waals surface area (Å²) in [7, 11) is 0. The number of thioether (sulfide) groups is 1. The Hall–Kier alpha value is -2.66. The first kappa shape index (κ1) is 13.0. The maximum atomic E-state index is 10.8. The van der Waals surface area contributed by atoms with Crippen LogP contribution in [0.4, 0.5) is 5.69 Å². The second kappa shape index (κ2) is 4.96. The molecule has 2 aromatic carbocycles. The maximum Gasteiger partial charge on any atom is 0.269 e. The molecule has 106 valence electrons. The zero-order chi connectivity index (χ0) is 15.1. The highest BCUT2D eigenvalue weighted by Gasteiger charge is 2.22. The van der Waals surface area contributed by atoms with E-state index in [-0.39, 0.29) is 10.6 Å². The van der Waals surface area contributed by atoms with Crippen LogP contribution in [-0.2, 0) is 0 Å². The first-order valence-electron chi connectivity index (χ1n) is 6.80. The number of benzene rings is 2. The van der Waals surface area contributed by atoms with Crippen LogP contribution in [0.1, 0.15) is 5.56 Å². The molecule has 2 heterocycles. The fourth-order valence-electron chi connectivity index (χ4n) is 2.61. The summed E-state index contributed by atoms with van der Waals surface area (Å²) in [5.74, 6) is 0. The van der Waals surface area contributed by atoms with Crippen LogP contribution in [0.5, 0.6) is 0 Å². The first-order chi connectivity index (χ1) is 10.7. The molecular weight excluding hydrogens is 296 g/mol. The first-order valence-corrected chi connectivity index (χ1v) is 7.61. The summed E-state index contributed by atoms with van der Waals surface area (Å²) in [6.07, 6.45) is 4.10. The number of pyridine rings is 1. The van der Waals surface area contributed by atoms with Crippen molar-refractivity contribution in [2.24, 2.45) is 0 Å². The lowest BCUT2D eigenvalue weighted by Crippen LogP contribution is -2.28. The zero-order valence-corrected chi connectivity index (χ0v) is 12.3. The lowest BCUT2D eigenvalue weighted by molar-refractivity contribution is -0.539. The van der Waals surface area contributed by atoms with Crippen LogP contribution < -0.4 is 4.57 Å². The van der Waals surface area contributed by atoms with E-state index in [1.165, 1.54) is 15.8 Å². The Morgan fingerprint density at radius 2 is 1.77 bits per heavy atom. The smallest absolute Gasteiger partial charge is 0.258 e. The van der Waals surface area contributed by atoms with Crippen molar-refractivity contribution >= 4 is 39.5 Å². The van der Waals surface area contributed by atoms with Gasteiger partial charge in [0.15, 0.2) is 12.4 Å². The number of nitrogens with zero attached hydrogens (tertiary/aromatic N) is 2. The molecule has 0 aliphatic carbocycles. The average Bonchev–Trinajstić information content (AvgIpc) is 2.55. The highest BCUT2D eigenvalue weighted by molar-refractivity contribution is 8.08. The van der Waals surface area contributed by atoms with Crippen LogP contribution in [0.25, 0.3) is 22.0 Å². The molecule has 0 spiro atoms. The number of rotatable bonds is 2. The van der Waals surface area contributed by atoms with Gasteiger partial charge >= 0.3 is 0 Å². The van der Waals surface area contributed by atoms with E-state index in [1.807, 2.05) is 18.3 Å². The van der Waals surface area contributed by atoms with Crippen molar-refractivity contribution in [2.75, 3.05) is 0 Å². The fraction of sp³-hybridized carbons (Fsp3) is 0. The molecule has 0 bridgehead atoms. The van der Waals surface area contributed by atoms with E-state index in [4.69, 9.17) is 0 Å². The number of nitro benzene ring substituents is 1. The van der Waals surface area contributed by atoms with Gasteiger partial charge in [0.1, 0.15) is 0 Å². The molecule has 1 aromatic heterocycles. The van der Waals surface area contributed by atoms with E-state index in [2.05, 4.69) is 29.0 Å². The molecule has 0 saturated carbocycles. The van der Waals surface area contributed by atoms with E-state index >= 15 is 0 Å². The van der Waals surface area contributed by atoms with Crippen molar-refractivity contribution in [2.45, 2.75) is 4.90 Å². The van der Waals surface area contributed by atoms with Gasteiger partial charge in [-0.05, 0) is 35.9 Å². The Morgan fingerprint density at radius 3 is 2.55 bits per heavy atom. The minimum absolute atomic E-state index is 0.111. The van der Waals surface area contributed by atoms with E-state index in [9.17, 15) is 10.1 Å². The standard InChI is InChI=1S/C17H11N2O2S/c20-19(21)14-8-6-12(7-9-14)16-11-18-10-2-4-13-3-1-5-15(22-16)17(13)18/h1-11H/q+1. The van der Waals surface area contributed by atoms with Gasteiger partial charge in [0.25, 0.3) is 5.69 Å². The molecule has 5 heteroatoms. The molecule has 0 saturated heterocycles. The largest absolute Gasteiger partial charge is 0.269 e. The minimum Gasteiger partial charge on any atom is -0.258 e. The number of para-hydroxylation sites is 1. The number of hydrogen-bond donors (Lipinski definition) is 0. The molecule has 4 nitrogen and oxygen atoms in total. The van der Waals surface area contributed by atoms with Crippen LogP contribution >= 0.6 is 11.8 Å². The molecule has 0 unspecified atom stereocenters. The molecule has 0 amide bonds. The van der Waals surface area contributed by atoms with E-state index in [0.717, 1.165) is 10.5 Å². The molecule has 4 rings (SSSR count). The number of non-ortho nitro benzene ring substituents is 1. The third-order valence-corrected chi connectivity index (χ3v) is 4.76. The molecule has 22 heavy (non-hydrogen) atoms. The number of aromatic nitrogens is 1. The zero-order valence-electron chi connectivity index (χ0n) is 11.5. The fourth-order valence-corrected chi connectivity index (χ4v) is 3.73. The summed E-state index contributed by atoms with van der Waals surface area (Å²) < 4.78 is 2.11. The van der Waals surface area contributed by atoms with E-state index in [0.29, 0.717) is 0 Å². The van der Waals surface area contributed by atoms with Crippen LogP contribution in [0, 0.1) is 10.1 Å². The maximum absolute atomic E-state index is 10.8. The second-order valence-corrected chi connectivity index (χ2v) is 6.09. The van der Waals surface area contributed by atoms with E-state index < -0.39 is 0 Å². The van der Waals surface area contributed by atoms with Gasteiger partial charge in [-0.15, -0.1) is 0 Å². The third kappa shape index (κ3) is 2.07. The monoisotopic (exact) mass is 307 g/mol. The van der Waals surface area contributed by atoms with E-state index in [1.54, 1.807) is 36.0 Å². The molecule has 0 atom stereocenters. The Labute approximate surface area is 130 Å². The van der Waals surface area contributed by atoms with Crippen molar-refractivity contribution in [1.82, 2.24) is 0 Å². The SMILES string of the molecule is O=[N+]([O-])c1ccc(C2=C[n+]3cccc4cccc(c43)S2)cc1. The van der Waals surface area contributed by atoms with Gasteiger partial charge in [0.05, 0.1) is 14.7 Å². The van der Waals surface area contributed by atoms with Gasteiger partial charge < -0.3 is 0 Å². The lowest BCUT2D eigenvalue weighted by atomic mass is 10.2. The van der Waals surface area contributed by atoms with Crippen molar-refractivity contribution in [3.05, 3.63) is 76.5 Å². The summed E-state index contributed by atoms with van der Waals surface area (Å²) in [5.41, 5.74) is 2.29. The van der Waals surface area contributed by atoms with Gasteiger partial charge in [0, 0.05) is 23.6 Å². The molecule has 3 aromatic rings. The van der Waals surface area contributed by atoms with Gasteiger partial charge in [-0.3, -0.25) is 10.1 Å². The predicted octanol–water partition coefficient (Wildman–Crippen LogP) is 4.10. The van der Waals surface area contributed by atoms with Gasteiger partial charge in [0.2, 0.25) is 5.52 Å². The molecule has 1 aliphatic rings. The molecule has 0 N–H and O–H groups in total. The quantitative estimate of drug-likeness (QED) is 0.407. The molecule has 1 aliphatic heterocycles. The van der Waals surface area contributed by atoms with Crippen molar-refractivity contribution < 1.29 is 9.49 Å². The normalized spacial score (nSPS) is 13.0. The summed E-state index contributed by atoms with van der Waals surface area (Å²) >= 11 is 1.69. The van der Waals surface area contributed by atoms with Crippen molar-refractivity contribution in [3.63, 3.8) is 0 Å². The van der Waals surface area contributed by atoms with Crippen LogP contribution in [0.2, 0.25) is 0 Å². The molecular formula is C17H11N2O2S+.